The molecular formula is C23H22O4. The van der Waals surface area contributed by atoms with Gasteiger partial charge in [0.25, 0.3) is 0 Å². The van der Waals surface area contributed by atoms with E-state index in [2.05, 4.69) is 0 Å². The first kappa shape index (κ1) is 18.6. The standard InChI is InChI=1S/C23H22O4/c1-3-26-20(24)15-18-14-17-12-8-9-13-19(17)22(23(25)27-4-2)21(18)16-10-6-5-7-11-16/h5-14H,3-4,15H2,1-2H3. The van der Waals surface area contributed by atoms with E-state index in [4.69, 9.17) is 9.47 Å². The number of rotatable bonds is 6. The van der Waals surface area contributed by atoms with Gasteiger partial charge in [-0.2, -0.15) is 0 Å². The Morgan fingerprint density at radius 3 is 2.22 bits per heavy atom. The highest BCUT2D eigenvalue weighted by atomic mass is 16.5. The molecule has 27 heavy (non-hydrogen) atoms. The average molecular weight is 362 g/mol. The van der Waals surface area contributed by atoms with Crippen LogP contribution in [0.15, 0.2) is 60.7 Å². The van der Waals surface area contributed by atoms with E-state index in [0.717, 1.165) is 27.5 Å². The molecule has 0 aliphatic heterocycles. The number of carbonyl (C=O) groups is 2. The average Bonchev–Trinajstić information content (AvgIpc) is 2.68. The van der Waals surface area contributed by atoms with Gasteiger partial charge in [-0.25, -0.2) is 4.79 Å². The van der Waals surface area contributed by atoms with Crippen molar-refractivity contribution in [3.63, 3.8) is 0 Å². The van der Waals surface area contributed by atoms with Crippen molar-refractivity contribution >= 4 is 22.7 Å². The third-order valence-electron chi connectivity index (χ3n) is 4.31. The third kappa shape index (κ3) is 4.00. The van der Waals surface area contributed by atoms with Crippen LogP contribution in [-0.4, -0.2) is 25.2 Å². The van der Waals surface area contributed by atoms with Crippen LogP contribution in [0.4, 0.5) is 0 Å². The number of fused-ring (bicyclic) bond motifs is 1. The molecule has 0 aliphatic carbocycles. The summed E-state index contributed by atoms with van der Waals surface area (Å²) in [5.74, 6) is -0.710. The minimum absolute atomic E-state index is 0.0926. The fourth-order valence-electron chi connectivity index (χ4n) is 3.26. The quantitative estimate of drug-likeness (QED) is 0.592. The van der Waals surface area contributed by atoms with Crippen molar-refractivity contribution in [3.8, 4) is 11.1 Å². The monoisotopic (exact) mass is 362 g/mol. The zero-order valence-electron chi connectivity index (χ0n) is 15.5. The predicted molar refractivity (Wildman–Crippen MR) is 106 cm³/mol. The maximum Gasteiger partial charge on any atom is 0.339 e. The zero-order chi connectivity index (χ0) is 19.2. The Morgan fingerprint density at radius 2 is 1.52 bits per heavy atom. The Kier molecular flexibility index (Phi) is 5.87. The summed E-state index contributed by atoms with van der Waals surface area (Å²) in [6.07, 6.45) is 0.0926. The smallest absolute Gasteiger partial charge is 0.339 e. The lowest BCUT2D eigenvalue weighted by Crippen LogP contribution is -2.13. The number of hydrogen-bond donors (Lipinski definition) is 0. The molecule has 0 spiro atoms. The number of hydrogen-bond acceptors (Lipinski definition) is 4. The van der Waals surface area contributed by atoms with Gasteiger partial charge in [-0.05, 0) is 41.8 Å². The molecule has 0 saturated carbocycles. The van der Waals surface area contributed by atoms with Crippen LogP contribution in [0.1, 0.15) is 29.8 Å². The largest absolute Gasteiger partial charge is 0.466 e. The van der Waals surface area contributed by atoms with Gasteiger partial charge >= 0.3 is 11.9 Å². The molecule has 4 nitrogen and oxygen atoms in total. The van der Waals surface area contributed by atoms with Gasteiger partial charge in [-0.1, -0.05) is 54.6 Å². The molecule has 0 radical (unpaired) electrons. The van der Waals surface area contributed by atoms with Crippen LogP contribution in [0.5, 0.6) is 0 Å². The van der Waals surface area contributed by atoms with Gasteiger partial charge in [-0.3, -0.25) is 4.79 Å². The van der Waals surface area contributed by atoms with Crippen molar-refractivity contribution in [1.29, 1.82) is 0 Å². The van der Waals surface area contributed by atoms with Crippen LogP contribution in [-0.2, 0) is 20.7 Å². The maximum atomic E-state index is 12.9. The fraction of sp³-hybridized carbons (Fsp3) is 0.217. The topological polar surface area (TPSA) is 52.6 Å². The minimum Gasteiger partial charge on any atom is -0.466 e. The summed E-state index contributed by atoms with van der Waals surface area (Å²) in [6, 6.07) is 19.2. The first-order chi connectivity index (χ1) is 13.2. The molecule has 0 aliphatic rings. The molecule has 4 heteroatoms. The van der Waals surface area contributed by atoms with Gasteiger partial charge in [0.15, 0.2) is 0 Å². The molecule has 0 atom stereocenters. The summed E-state index contributed by atoms with van der Waals surface area (Å²) < 4.78 is 10.5. The van der Waals surface area contributed by atoms with Crippen molar-refractivity contribution in [1.82, 2.24) is 0 Å². The molecule has 0 saturated heterocycles. The Morgan fingerprint density at radius 1 is 0.852 bits per heavy atom. The summed E-state index contributed by atoms with van der Waals surface area (Å²) in [7, 11) is 0. The van der Waals surface area contributed by atoms with E-state index in [-0.39, 0.29) is 19.0 Å². The summed E-state index contributed by atoms with van der Waals surface area (Å²) in [5, 5.41) is 1.70. The predicted octanol–water partition coefficient (Wildman–Crippen LogP) is 4.79. The van der Waals surface area contributed by atoms with Gasteiger partial charge in [0.2, 0.25) is 0 Å². The van der Waals surface area contributed by atoms with E-state index in [1.54, 1.807) is 13.8 Å². The van der Waals surface area contributed by atoms with Crippen molar-refractivity contribution in [2.75, 3.05) is 13.2 Å². The molecule has 138 valence electrons. The molecule has 3 aromatic rings. The van der Waals surface area contributed by atoms with E-state index < -0.39 is 5.97 Å². The SMILES string of the molecule is CCOC(=O)Cc1cc2ccccc2c(C(=O)OCC)c1-c1ccccc1. The lowest BCUT2D eigenvalue weighted by molar-refractivity contribution is -0.142. The van der Waals surface area contributed by atoms with Crippen molar-refractivity contribution < 1.29 is 19.1 Å². The zero-order valence-corrected chi connectivity index (χ0v) is 15.5. The number of ether oxygens (including phenoxy) is 2. The summed E-state index contributed by atoms with van der Waals surface area (Å²) >= 11 is 0. The molecule has 0 N–H and O–H groups in total. The highest BCUT2D eigenvalue weighted by Gasteiger charge is 2.23. The van der Waals surface area contributed by atoms with Gasteiger partial charge in [-0.15, -0.1) is 0 Å². The number of benzene rings is 3. The highest BCUT2D eigenvalue weighted by molar-refractivity contribution is 6.11. The molecule has 3 aromatic carbocycles. The molecule has 0 heterocycles. The van der Waals surface area contributed by atoms with E-state index in [1.165, 1.54) is 0 Å². The first-order valence-electron chi connectivity index (χ1n) is 9.08. The van der Waals surface area contributed by atoms with Crippen LogP contribution in [0.25, 0.3) is 21.9 Å². The Hall–Kier alpha value is -3.14. The van der Waals surface area contributed by atoms with Crippen LogP contribution in [0.2, 0.25) is 0 Å². The molecule has 0 unspecified atom stereocenters. The Balaban J connectivity index is 2.31. The molecule has 0 fully saturated rings. The van der Waals surface area contributed by atoms with E-state index in [9.17, 15) is 9.59 Å². The van der Waals surface area contributed by atoms with Gasteiger partial charge in [0.1, 0.15) is 0 Å². The Labute approximate surface area is 158 Å². The van der Waals surface area contributed by atoms with Gasteiger partial charge < -0.3 is 9.47 Å². The second-order valence-electron chi connectivity index (χ2n) is 6.08. The van der Waals surface area contributed by atoms with Crippen LogP contribution in [0, 0.1) is 0 Å². The third-order valence-corrected chi connectivity index (χ3v) is 4.31. The summed E-state index contributed by atoms with van der Waals surface area (Å²) in [4.78, 5) is 25.1. The minimum atomic E-state index is -0.390. The van der Waals surface area contributed by atoms with Gasteiger partial charge in [0, 0.05) is 5.56 Å². The summed E-state index contributed by atoms with van der Waals surface area (Å²) in [6.45, 7) is 4.16. The maximum absolute atomic E-state index is 12.9. The normalized spacial score (nSPS) is 10.6. The lowest BCUT2D eigenvalue weighted by atomic mass is 9.88. The Bertz CT molecular complexity index is 961. The second kappa shape index (κ2) is 8.49. The second-order valence-corrected chi connectivity index (χ2v) is 6.08. The van der Waals surface area contributed by atoms with E-state index >= 15 is 0 Å². The number of carbonyl (C=O) groups excluding carboxylic acids is 2. The van der Waals surface area contributed by atoms with Crippen LogP contribution in [0.3, 0.4) is 0 Å². The summed E-state index contributed by atoms with van der Waals surface area (Å²) in [5.41, 5.74) is 2.83. The van der Waals surface area contributed by atoms with E-state index in [0.29, 0.717) is 12.2 Å². The van der Waals surface area contributed by atoms with Crippen molar-refractivity contribution in [3.05, 3.63) is 71.8 Å². The first-order valence-corrected chi connectivity index (χ1v) is 9.08. The highest BCUT2D eigenvalue weighted by Crippen LogP contribution is 2.35. The fourth-order valence-corrected chi connectivity index (χ4v) is 3.26. The molecule has 0 aromatic heterocycles. The lowest BCUT2D eigenvalue weighted by Gasteiger charge is -2.17. The van der Waals surface area contributed by atoms with Crippen LogP contribution >= 0.6 is 0 Å². The molecule has 0 bridgehead atoms. The van der Waals surface area contributed by atoms with E-state index in [1.807, 2.05) is 60.7 Å². The van der Waals surface area contributed by atoms with Crippen molar-refractivity contribution in [2.45, 2.75) is 20.3 Å². The van der Waals surface area contributed by atoms with Gasteiger partial charge in [0.05, 0.1) is 25.2 Å². The number of esters is 2. The van der Waals surface area contributed by atoms with Crippen LogP contribution < -0.4 is 0 Å². The molecular weight excluding hydrogens is 340 g/mol. The molecule has 3 rings (SSSR count). The van der Waals surface area contributed by atoms with Crippen molar-refractivity contribution in [2.24, 2.45) is 0 Å². The molecule has 0 amide bonds.